The first-order chi connectivity index (χ1) is 14.1. The van der Waals surface area contributed by atoms with E-state index in [9.17, 15) is 9.59 Å². The molecular formula is C24H29N3O2. The minimum Gasteiger partial charge on any atom is -0.327 e. The van der Waals surface area contributed by atoms with Crippen LogP contribution < -0.4 is 16.0 Å². The van der Waals surface area contributed by atoms with Crippen LogP contribution in [0.5, 0.6) is 0 Å². The number of benzene rings is 2. The van der Waals surface area contributed by atoms with Crippen LogP contribution in [0.2, 0.25) is 0 Å². The number of amides is 2. The van der Waals surface area contributed by atoms with Crippen LogP contribution in [0.3, 0.4) is 0 Å². The molecule has 1 heterocycles. The van der Waals surface area contributed by atoms with Gasteiger partial charge in [-0.2, -0.15) is 0 Å². The van der Waals surface area contributed by atoms with Gasteiger partial charge in [0, 0.05) is 30.4 Å². The topological polar surface area (TPSA) is 75.4 Å². The van der Waals surface area contributed by atoms with Gasteiger partial charge in [0.2, 0.25) is 11.8 Å². The third kappa shape index (κ3) is 4.67. The van der Waals surface area contributed by atoms with Gasteiger partial charge in [-0.25, -0.2) is 0 Å². The van der Waals surface area contributed by atoms with Crippen molar-refractivity contribution in [2.45, 2.75) is 51.0 Å². The number of fused-ring (bicyclic) bond motifs is 1. The predicted molar refractivity (Wildman–Crippen MR) is 116 cm³/mol. The van der Waals surface area contributed by atoms with Crippen LogP contribution in [0.4, 0.5) is 11.4 Å². The molecule has 0 aromatic heterocycles. The Morgan fingerprint density at radius 2 is 1.83 bits per heavy atom. The second-order valence-electron chi connectivity index (χ2n) is 8.26. The van der Waals surface area contributed by atoms with Crippen molar-refractivity contribution in [1.82, 2.24) is 0 Å². The Hall–Kier alpha value is -2.66. The zero-order valence-electron chi connectivity index (χ0n) is 16.8. The van der Waals surface area contributed by atoms with Crippen molar-refractivity contribution in [3.63, 3.8) is 0 Å². The molecule has 0 bridgehead atoms. The van der Waals surface area contributed by atoms with Gasteiger partial charge < -0.3 is 16.0 Å². The number of carbonyl (C=O) groups is 2. The van der Waals surface area contributed by atoms with E-state index in [0.717, 1.165) is 55.6 Å². The van der Waals surface area contributed by atoms with E-state index in [-0.39, 0.29) is 17.9 Å². The van der Waals surface area contributed by atoms with E-state index in [1.165, 1.54) is 5.56 Å². The van der Waals surface area contributed by atoms with Crippen molar-refractivity contribution in [1.29, 1.82) is 0 Å². The normalized spacial score (nSPS) is 20.9. The number of hydrogen-bond donors (Lipinski definition) is 2. The molecule has 2 aromatic rings. The molecule has 0 spiro atoms. The number of anilines is 2. The lowest BCUT2D eigenvalue weighted by Crippen LogP contribution is -2.36. The fourth-order valence-electron chi connectivity index (χ4n) is 4.54. The summed E-state index contributed by atoms with van der Waals surface area (Å²) in [5, 5.41) is 2.96. The first-order valence-corrected chi connectivity index (χ1v) is 10.6. The number of hydrogen-bond acceptors (Lipinski definition) is 3. The van der Waals surface area contributed by atoms with Gasteiger partial charge in [0.05, 0.1) is 6.42 Å². The van der Waals surface area contributed by atoms with Gasteiger partial charge >= 0.3 is 0 Å². The molecule has 1 aliphatic carbocycles. The van der Waals surface area contributed by atoms with Crippen molar-refractivity contribution in [3.05, 3.63) is 59.7 Å². The summed E-state index contributed by atoms with van der Waals surface area (Å²) < 4.78 is 0. The van der Waals surface area contributed by atoms with Crippen LogP contribution in [-0.2, 0) is 22.4 Å². The van der Waals surface area contributed by atoms with E-state index < -0.39 is 0 Å². The molecule has 3 N–H and O–H groups in total. The van der Waals surface area contributed by atoms with Crippen molar-refractivity contribution < 1.29 is 9.59 Å². The van der Waals surface area contributed by atoms with Gasteiger partial charge in [-0.1, -0.05) is 36.8 Å². The van der Waals surface area contributed by atoms with Crippen LogP contribution in [0.25, 0.3) is 0 Å². The lowest BCUT2D eigenvalue weighted by Gasteiger charge is -2.29. The van der Waals surface area contributed by atoms with Crippen LogP contribution in [0.1, 0.15) is 43.2 Å². The largest absolute Gasteiger partial charge is 0.327 e. The molecule has 2 amide bonds. The number of nitrogens with one attached hydrogen (secondary N) is 1. The maximum atomic E-state index is 12.9. The first-order valence-electron chi connectivity index (χ1n) is 10.6. The molecule has 5 nitrogen and oxygen atoms in total. The average Bonchev–Trinajstić information content (AvgIpc) is 3.13. The summed E-state index contributed by atoms with van der Waals surface area (Å²) in [5.74, 6) is 0.421. The number of carbonyl (C=O) groups excluding carboxylic acids is 2. The van der Waals surface area contributed by atoms with Crippen LogP contribution >= 0.6 is 0 Å². The molecule has 2 aromatic carbocycles. The molecule has 1 fully saturated rings. The van der Waals surface area contributed by atoms with Gasteiger partial charge in [-0.3, -0.25) is 9.59 Å². The minimum absolute atomic E-state index is 0.0149. The quantitative estimate of drug-likeness (QED) is 0.817. The van der Waals surface area contributed by atoms with Crippen molar-refractivity contribution >= 4 is 23.2 Å². The lowest BCUT2D eigenvalue weighted by atomic mass is 10.00. The fraction of sp³-hybridized carbons (Fsp3) is 0.417. The Balaban J connectivity index is 1.34. The van der Waals surface area contributed by atoms with Gasteiger partial charge in [-0.15, -0.1) is 0 Å². The Bertz CT molecular complexity index is 878. The molecule has 29 heavy (non-hydrogen) atoms. The van der Waals surface area contributed by atoms with E-state index in [0.29, 0.717) is 18.8 Å². The molecular weight excluding hydrogens is 362 g/mol. The molecule has 5 heteroatoms. The number of rotatable bonds is 5. The summed E-state index contributed by atoms with van der Waals surface area (Å²) in [7, 11) is 0. The Morgan fingerprint density at radius 3 is 2.59 bits per heavy atom. The van der Waals surface area contributed by atoms with E-state index in [2.05, 4.69) is 11.4 Å². The summed E-state index contributed by atoms with van der Waals surface area (Å²) in [6.45, 7) is 0.771. The SMILES string of the molecule is N[C@@H]1CCC[C@H]1CC(=O)Nc1ccc(CC(=O)N2CCCc3ccccc32)cc1. The summed E-state index contributed by atoms with van der Waals surface area (Å²) in [4.78, 5) is 27.0. The molecule has 2 atom stereocenters. The predicted octanol–water partition coefficient (Wildman–Crippen LogP) is 3.66. The van der Waals surface area contributed by atoms with Gasteiger partial charge in [0.1, 0.15) is 0 Å². The highest BCUT2D eigenvalue weighted by Crippen LogP contribution is 2.28. The molecule has 152 valence electrons. The molecule has 4 rings (SSSR count). The highest BCUT2D eigenvalue weighted by Gasteiger charge is 2.26. The third-order valence-corrected chi connectivity index (χ3v) is 6.17. The maximum Gasteiger partial charge on any atom is 0.231 e. The van der Waals surface area contributed by atoms with Crippen molar-refractivity contribution in [2.24, 2.45) is 11.7 Å². The minimum atomic E-state index is 0.0149. The zero-order valence-corrected chi connectivity index (χ0v) is 16.8. The Morgan fingerprint density at radius 1 is 1.03 bits per heavy atom. The molecule has 1 saturated carbocycles. The second kappa shape index (κ2) is 8.78. The Kier molecular flexibility index (Phi) is 5.95. The smallest absolute Gasteiger partial charge is 0.231 e. The monoisotopic (exact) mass is 391 g/mol. The van der Waals surface area contributed by atoms with Crippen LogP contribution in [0, 0.1) is 5.92 Å². The van der Waals surface area contributed by atoms with Crippen molar-refractivity contribution in [2.75, 3.05) is 16.8 Å². The van der Waals surface area contributed by atoms with Gasteiger partial charge in [-0.05, 0) is 60.9 Å². The first kappa shape index (κ1) is 19.6. The molecule has 0 unspecified atom stereocenters. The van der Waals surface area contributed by atoms with Gasteiger partial charge in [0.15, 0.2) is 0 Å². The lowest BCUT2D eigenvalue weighted by molar-refractivity contribution is -0.118. The number of aryl methyl sites for hydroxylation is 1. The van der Waals surface area contributed by atoms with E-state index >= 15 is 0 Å². The summed E-state index contributed by atoms with van der Waals surface area (Å²) >= 11 is 0. The van der Waals surface area contributed by atoms with E-state index in [1.54, 1.807) is 0 Å². The second-order valence-corrected chi connectivity index (χ2v) is 8.26. The maximum absolute atomic E-state index is 12.9. The summed E-state index contributed by atoms with van der Waals surface area (Å²) in [5.41, 5.74) is 10.1. The molecule has 1 aliphatic heterocycles. The van der Waals surface area contributed by atoms with E-state index in [1.807, 2.05) is 47.4 Å². The van der Waals surface area contributed by atoms with Crippen LogP contribution in [-0.4, -0.2) is 24.4 Å². The fourth-order valence-corrected chi connectivity index (χ4v) is 4.54. The summed E-state index contributed by atoms with van der Waals surface area (Å²) in [6, 6.07) is 15.9. The molecule has 2 aliphatic rings. The van der Waals surface area contributed by atoms with Gasteiger partial charge in [0.25, 0.3) is 0 Å². The number of nitrogens with two attached hydrogens (primary N) is 1. The molecule has 0 radical (unpaired) electrons. The summed E-state index contributed by atoms with van der Waals surface area (Å²) in [6.07, 6.45) is 6.04. The highest BCUT2D eigenvalue weighted by atomic mass is 16.2. The third-order valence-electron chi connectivity index (χ3n) is 6.17. The van der Waals surface area contributed by atoms with Crippen LogP contribution in [0.15, 0.2) is 48.5 Å². The Labute approximate surface area is 172 Å². The van der Waals surface area contributed by atoms with Crippen molar-refractivity contribution in [3.8, 4) is 0 Å². The number of nitrogens with zero attached hydrogens (tertiary/aromatic N) is 1. The number of para-hydroxylation sites is 1. The highest BCUT2D eigenvalue weighted by molar-refractivity contribution is 5.96. The molecule has 0 saturated heterocycles. The average molecular weight is 392 g/mol. The zero-order chi connectivity index (χ0) is 20.2. The standard InChI is InChI=1S/C24H29N3O2/c25-21-8-3-6-19(21)16-23(28)26-20-12-10-17(11-13-20)15-24(29)27-14-4-7-18-5-1-2-9-22(18)27/h1-2,5,9-13,19,21H,3-4,6-8,14-16,25H2,(H,26,28)/t19-,21+/m0/s1. The van der Waals surface area contributed by atoms with E-state index in [4.69, 9.17) is 5.73 Å².